The van der Waals surface area contributed by atoms with Gasteiger partial charge in [0.15, 0.2) is 11.5 Å². The van der Waals surface area contributed by atoms with Crippen molar-refractivity contribution in [3.05, 3.63) is 23.8 Å². The van der Waals surface area contributed by atoms with Crippen LogP contribution in [0.2, 0.25) is 0 Å². The SMILES string of the molecule is COc1cccc(CCCO)c1OC1CCSCC1. The highest BCUT2D eigenvalue weighted by molar-refractivity contribution is 7.99. The van der Waals surface area contributed by atoms with Crippen LogP contribution >= 0.6 is 11.8 Å². The molecule has 0 aromatic heterocycles. The van der Waals surface area contributed by atoms with Gasteiger partial charge in [-0.2, -0.15) is 11.8 Å². The number of rotatable bonds is 6. The predicted molar refractivity (Wildman–Crippen MR) is 79.4 cm³/mol. The van der Waals surface area contributed by atoms with E-state index in [0.717, 1.165) is 42.7 Å². The van der Waals surface area contributed by atoms with Crippen LogP contribution in [0.4, 0.5) is 0 Å². The van der Waals surface area contributed by atoms with Gasteiger partial charge in [-0.05, 0) is 48.8 Å². The molecule has 0 aliphatic carbocycles. The largest absolute Gasteiger partial charge is 0.493 e. The number of thioether (sulfide) groups is 1. The summed E-state index contributed by atoms with van der Waals surface area (Å²) in [4.78, 5) is 0. The van der Waals surface area contributed by atoms with Crippen LogP contribution in [0.3, 0.4) is 0 Å². The van der Waals surface area contributed by atoms with E-state index in [1.165, 1.54) is 11.5 Å². The number of methoxy groups -OCH3 is 1. The average Bonchev–Trinajstić information content (AvgIpc) is 2.47. The molecule has 1 aliphatic rings. The van der Waals surface area contributed by atoms with Gasteiger partial charge in [-0.1, -0.05) is 12.1 Å². The molecule has 2 rings (SSSR count). The van der Waals surface area contributed by atoms with Crippen molar-refractivity contribution in [2.24, 2.45) is 0 Å². The van der Waals surface area contributed by atoms with Gasteiger partial charge in [-0.25, -0.2) is 0 Å². The second kappa shape index (κ2) is 7.65. The molecule has 1 aromatic rings. The molecule has 1 N–H and O–H groups in total. The van der Waals surface area contributed by atoms with E-state index in [4.69, 9.17) is 14.6 Å². The summed E-state index contributed by atoms with van der Waals surface area (Å²) in [6, 6.07) is 5.98. The molecule has 106 valence electrons. The lowest BCUT2D eigenvalue weighted by molar-refractivity contribution is 0.182. The van der Waals surface area contributed by atoms with E-state index in [1.54, 1.807) is 7.11 Å². The minimum Gasteiger partial charge on any atom is -0.493 e. The first-order valence-electron chi connectivity index (χ1n) is 6.86. The maximum Gasteiger partial charge on any atom is 0.164 e. The fourth-order valence-electron chi connectivity index (χ4n) is 2.28. The van der Waals surface area contributed by atoms with Crippen molar-refractivity contribution < 1.29 is 14.6 Å². The molecule has 3 nitrogen and oxygen atoms in total. The lowest BCUT2D eigenvalue weighted by Gasteiger charge is -2.25. The van der Waals surface area contributed by atoms with E-state index in [9.17, 15) is 0 Å². The second-order valence-corrected chi connectivity index (χ2v) is 5.93. The van der Waals surface area contributed by atoms with E-state index in [0.29, 0.717) is 6.10 Å². The highest BCUT2D eigenvalue weighted by Crippen LogP contribution is 2.34. The Morgan fingerprint density at radius 3 is 2.79 bits per heavy atom. The molecule has 0 atom stereocenters. The molecule has 0 saturated carbocycles. The van der Waals surface area contributed by atoms with Crippen molar-refractivity contribution in [1.29, 1.82) is 0 Å². The number of hydrogen-bond acceptors (Lipinski definition) is 4. The Labute approximate surface area is 119 Å². The Balaban J connectivity index is 2.14. The smallest absolute Gasteiger partial charge is 0.164 e. The summed E-state index contributed by atoms with van der Waals surface area (Å²) >= 11 is 1.99. The highest BCUT2D eigenvalue weighted by Gasteiger charge is 2.19. The van der Waals surface area contributed by atoms with Crippen molar-refractivity contribution in [3.63, 3.8) is 0 Å². The Morgan fingerprint density at radius 2 is 2.11 bits per heavy atom. The fourth-order valence-corrected chi connectivity index (χ4v) is 3.35. The minimum atomic E-state index is 0.205. The Hall–Kier alpha value is -0.870. The van der Waals surface area contributed by atoms with Gasteiger partial charge < -0.3 is 14.6 Å². The molecular weight excluding hydrogens is 260 g/mol. The zero-order valence-corrected chi connectivity index (χ0v) is 12.2. The van der Waals surface area contributed by atoms with E-state index in [2.05, 4.69) is 6.07 Å². The average molecular weight is 282 g/mol. The summed E-state index contributed by atoms with van der Waals surface area (Å²) in [7, 11) is 1.68. The highest BCUT2D eigenvalue weighted by atomic mass is 32.2. The van der Waals surface area contributed by atoms with Gasteiger partial charge in [0.2, 0.25) is 0 Å². The first kappa shape index (κ1) is 14.5. The van der Waals surface area contributed by atoms with Gasteiger partial charge in [0.05, 0.1) is 7.11 Å². The molecule has 1 fully saturated rings. The van der Waals surface area contributed by atoms with Crippen LogP contribution < -0.4 is 9.47 Å². The maximum absolute atomic E-state index is 8.99. The molecule has 1 aromatic carbocycles. The van der Waals surface area contributed by atoms with Crippen molar-refractivity contribution in [1.82, 2.24) is 0 Å². The lowest BCUT2D eigenvalue weighted by atomic mass is 10.1. The second-order valence-electron chi connectivity index (χ2n) is 4.71. The van der Waals surface area contributed by atoms with Gasteiger partial charge in [0.1, 0.15) is 6.10 Å². The standard InChI is InChI=1S/C15H22O3S/c1-17-14-6-2-4-12(5-3-9-16)15(14)18-13-7-10-19-11-8-13/h2,4,6,13,16H,3,5,7-11H2,1H3. The number of benzene rings is 1. The quantitative estimate of drug-likeness (QED) is 0.871. The molecule has 0 unspecified atom stereocenters. The Morgan fingerprint density at radius 1 is 1.32 bits per heavy atom. The summed E-state index contributed by atoms with van der Waals surface area (Å²) < 4.78 is 11.6. The molecule has 0 bridgehead atoms. The molecule has 0 amide bonds. The Kier molecular flexibility index (Phi) is 5.86. The van der Waals surface area contributed by atoms with Crippen LogP contribution in [0.1, 0.15) is 24.8 Å². The van der Waals surface area contributed by atoms with E-state index in [-0.39, 0.29) is 6.61 Å². The summed E-state index contributed by atoms with van der Waals surface area (Å²) in [5.74, 6) is 4.02. The van der Waals surface area contributed by atoms with E-state index < -0.39 is 0 Å². The summed E-state index contributed by atoms with van der Waals surface area (Å²) in [6.45, 7) is 0.205. The minimum absolute atomic E-state index is 0.205. The first-order valence-corrected chi connectivity index (χ1v) is 8.01. The molecule has 4 heteroatoms. The molecule has 1 heterocycles. The van der Waals surface area contributed by atoms with Crippen LogP contribution in [0.25, 0.3) is 0 Å². The van der Waals surface area contributed by atoms with Gasteiger partial charge >= 0.3 is 0 Å². The topological polar surface area (TPSA) is 38.7 Å². The van der Waals surface area contributed by atoms with Gasteiger partial charge in [-0.3, -0.25) is 0 Å². The molecule has 0 radical (unpaired) electrons. The van der Waals surface area contributed by atoms with Gasteiger partial charge in [0, 0.05) is 6.61 Å². The van der Waals surface area contributed by atoms with Crippen LogP contribution in [-0.4, -0.2) is 36.4 Å². The molecule has 1 aliphatic heterocycles. The summed E-state index contributed by atoms with van der Waals surface area (Å²) in [5, 5.41) is 8.99. The van der Waals surface area contributed by atoms with Crippen molar-refractivity contribution in [2.75, 3.05) is 25.2 Å². The summed E-state index contributed by atoms with van der Waals surface area (Å²) in [5.41, 5.74) is 1.13. The third-order valence-electron chi connectivity index (χ3n) is 3.34. The first-order chi connectivity index (χ1) is 9.35. The van der Waals surface area contributed by atoms with Crippen molar-refractivity contribution in [2.45, 2.75) is 31.8 Å². The zero-order valence-electron chi connectivity index (χ0n) is 11.4. The van der Waals surface area contributed by atoms with E-state index in [1.807, 2.05) is 23.9 Å². The maximum atomic E-state index is 8.99. The number of aliphatic hydroxyl groups excluding tert-OH is 1. The molecule has 0 spiro atoms. The fraction of sp³-hybridized carbons (Fsp3) is 0.600. The van der Waals surface area contributed by atoms with Crippen LogP contribution in [-0.2, 0) is 6.42 Å². The molecular formula is C15H22O3S. The Bertz CT molecular complexity index is 389. The monoisotopic (exact) mass is 282 g/mol. The van der Waals surface area contributed by atoms with Crippen molar-refractivity contribution in [3.8, 4) is 11.5 Å². The normalized spacial score (nSPS) is 16.3. The summed E-state index contributed by atoms with van der Waals surface area (Å²) in [6.07, 6.45) is 4.07. The molecule has 19 heavy (non-hydrogen) atoms. The van der Waals surface area contributed by atoms with Gasteiger partial charge in [-0.15, -0.1) is 0 Å². The van der Waals surface area contributed by atoms with Gasteiger partial charge in [0.25, 0.3) is 0 Å². The number of aryl methyl sites for hydroxylation is 1. The number of aliphatic hydroxyl groups is 1. The van der Waals surface area contributed by atoms with E-state index >= 15 is 0 Å². The van der Waals surface area contributed by atoms with Crippen molar-refractivity contribution >= 4 is 11.8 Å². The molecule has 1 saturated heterocycles. The van der Waals surface area contributed by atoms with Crippen LogP contribution in [0.15, 0.2) is 18.2 Å². The number of para-hydroxylation sites is 1. The number of hydrogen-bond donors (Lipinski definition) is 1. The number of ether oxygens (including phenoxy) is 2. The predicted octanol–water partition coefficient (Wildman–Crippen LogP) is 2.89. The van der Waals surface area contributed by atoms with Crippen LogP contribution in [0.5, 0.6) is 11.5 Å². The third kappa shape index (κ3) is 4.05. The third-order valence-corrected chi connectivity index (χ3v) is 4.39. The van der Waals surface area contributed by atoms with Crippen LogP contribution in [0, 0.1) is 0 Å². The lowest BCUT2D eigenvalue weighted by Crippen LogP contribution is -2.23. The zero-order chi connectivity index (χ0) is 13.5.